The fraction of sp³-hybridized carbons (Fsp3) is 0.786. The first-order chi connectivity index (χ1) is 10.0. The van der Waals surface area contributed by atoms with Gasteiger partial charge < -0.3 is 14.4 Å². The van der Waals surface area contributed by atoms with E-state index in [1.165, 1.54) is 0 Å². The van der Waals surface area contributed by atoms with Gasteiger partial charge in [0.15, 0.2) is 5.82 Å². The molecule has 1 amide bonds. The third-order valence-electron chi connectivity index (χ3n) is 4.23. The van der Waals surface area contributed by atoms with Crippen molar-refractivity contribution in [3.05, 3.63) is 12.2 Å². The molecule has 2 rings (SSSR count). The Hall–Kier alpha value is -1.47. The van der Waals surface area contributed by atoms with Crippen molar-refractivity contribution in [2.75, 3.05) is 40.3 Å². The van der Waals surface area contributed by atoms with Crippen LogP contribution in [0.1, 0.15) is 19.7 Å². The number of hydrogen-bond donors (Lipinski definition) is 0. The van der Waals surface area contributed by atoms with Gasteiger partial charge in [0.05, 0.1) is 12.6 Å². The van der Waals surface area contributed by atoms with Gasteiger partial charge in [-0.1, -0.05) is 0 Å². The van der Waals surface area contributed by atoms with E-state index in [9.17, 15) is 4.79 Å². The molecule has 0 aromatic carbocycles. The summed E-state index contributed by atoms with van der Waals surface area (Å²) in [6.45, 7) is 9.29. The third kappa shape index (κ3) is 3.79. The highest BCUT2D eigenvalue weighted by Crippen LogP contribution is 2.09. The molecule has 7 heteroatoms. The number of amides is 1. The molecule has 7 nitrogen and oxygen atoms in total. The lowest BCUT2D eigenvalue weighted by Crippen LogP contribution is -2.53. The van der Waals surface area contributed by atoms with Crippen molar-refractivity contribution < 1.29 is 4.79 Å². The zero-order valence-corrected chi connectivity index (χ0v) is 13.5. The van der Waals surface area contributed by atoms with Gasteiger partial charge in [-0.15, -0.1) is 10.2 Å². The van der Waals surface area contributed by atoms with Gasteiger partial charge in [0.25, 0.3) is 0 Å². The number of carbonyl (C=O) groups excluding carboxylic acids is 1. The van der Waals surface area contributed by atoms with Gasteiger partial charge in [-0.25, -0.2) is 0 Å². The van der Waals surface area contributed by atoms with E-state index in [1.807, 2.05) is 25.5 Å². The summed E-state index contributed by atoms with van der Waals surface area (Å²) in [4.78, 5) is 18.9. The number of aryl methyl sites for hydroxylation is 1. The average molecular weight is 294 g/mol. The fourth-order valence-electron chi connectivity index (χ4n) is 2.64. The summed E-state index contributed by atoms with van der Waals surface area (Å²) in [5.74, 6) is 0.976. The summed E-state index contributed by atoms with van der Waals surface area (Å²) < 4.78 is 1.96. The number of nitrogens with zero attached hydrogens (tertiary/aromatic N) is 6. The molecule has 1 aromatic rings. The van der Waals surface area contributed by atoms with E-state index >= 15 is 0 Å². The molecule has 1 fully saturated rings. The molecule has 0 aliphatic carbocycles. The lowest BCUT2D eigenvalue weighted by atomic mass is 10.2. The second kappa shape index (κ2) is 7.00. The van der Waals surface area contributed by atoms with Crippen LogP contribution in [-0.2, 0) is 17.9 Å². The van der Waals surface area contributed by atoms with Crippen LogP contribution in [0.2, 0.25) is 0 Å². The summed E-state index contributed by atoms with van der Waals surface area (Å²) in [5, 5.41) is 8.00. The molecular weight excluding hydrogens is 268 g/mol. The lowest BCUT2D eigenvalue weighted by molar-refractivity contribution is -0.136. The molecule has 1 unspecified atom stereocenters. The molecule has 1 atom stereocenters. The second-order valence-corrected chi connectivity index (χ2v) is 5.74. The zero-order chi connectivity index (χ0) is 15.4. The van der Waals surface area contributed by atoms with Gasteiger partial charge in [0.1, 0.15) is 6.33 Å². The molecule has 2 heterocycles. The van der Waals surface area contributed by atoms with Crippen molar-refractivity contribution in [1.82, 2.24) is 29.5 Å². The number of piperazine rings is 1. The highest BCUT2D eigenvalue weighted by atomic mass is 16.2. The SMILES string of the molecule is CCn1cnnc1CN(C)C(=O)C(C)N1CCN(C)CC1. The van der Waals surface area contributed by atoms with Crippen molar-refractivity contribution in [3.8, 4) is 0 Å². The Labute approximate surface area is 126 Å². The Morgan fingerprint density at radius 1 is 1.38 bits per heavy atom. The highest BCUT2D eigenvalue weighted by molar-refractivity contribution is 5.81. The summed E-state index contributed by atoms with van der Waals surface area (Å²) in [5.41, 5.74) is 0. The van der Waals surface area contributed by atoms with Crippen LogP contribution in [0.15, 0.2) is 6.33 Å². The Bertz CT molecular complexity index is 466. The predicted octanol–water partition coefficient (Wildman–Crippen LogP) is -0.108. The molecule has 1 aliphatic rings. The Kier molecular flexibility index (Phi) is 5.30. The van der Waals surface area contributed by atoms with Crippen LogP contribution in [0.5, 0.6) is 0 Å². The molecule has 0 radical (unpaired) electrons. The smallest absolute Gasteiger partial charge is 0.239 e. The molecule has 0 N–H and O–H groups in total. The molecule has 0 spiro atoms. The fourth-order valence-corrected chi connectivity index (χ4v) is 2.64. The first kappa shape index (κ1) is 15.9. The normalized spacial score (nSPS) is 18.7. The topological polar surface area (TPSA) is 57.5 Å². The molecule has 1 aromatic heterocycles. The van der Waals surface area contributed by atoms with Crippen molar-refractivity contribution in [3.63, 3.8) is 0 Å². The largest absolute Gasteiger partial charge is 0.337 e. The van der Waals surface area contributed by atoms with Crippen LogP contribution in [0.25, 0.3) is 0 Å². The maximum absolute atomic E-state index is 12.6. The molecule has 0 bridgehead atoms. The Balaban J connectivity index is 1.92. The predicted molar refractivity (Wildman–Crippen MR) is 80.7 cm³/mol. The van der Waals surface area contributed by atoms with Crippen LogP contribution in [0, 0.1) is 0 Å². The minimum atomic E-state index is -0.0818. The summed E-state index contributed by atoms with van der Waals surface area (Å²) in [6.07, 6.45) is 1.71. The van der Waals surface area contributed by atoms with Gasteiger partial charge in [0, 0.05) is 39.8 Å². The van der Waals surface area contributed by atoms with Crippen molar-refractivity contribution >= 4 is 5.91 Å². The lowest BCUT2D eigenvalue weighted by Gasteiger charge is -2.37. The second-order valence-electron chi connectivity index (χ2n) is 5.74. The van der Waals surface area contributed by atoms with Gasteiger partial charge in [-0.2, -0.15) is 0 Å². The van der Waals surface area contributed by atoms with Gasteiger partial charge in [-0.3, -0.25) is 9.69 Å². The monoisotopic (exact) mass is 294 g/mol. The molecule has 1 saturated heterocycles. The number of aromatic nitrogens is 3. The molecule has 21 heavy (non-hydrogen) atoms. The first-order valence-corrected chi connectivity index (χ1v) is 7.57. The Morgan fingerprint density at radius 3 is 2.67 bits per heavy atom. The van der Waals surface area contributed by atoms with E-state index in [1.54, 1.807) is 11.2 Å². The average Bonchev–Trinajstić information content (AvgIpc) is 2.93. The third-order valence-corrected chi connectivity index (χ3v) is 4.23. The van der Waals surface area contributed by atoms with E-state index in [-0.39, 0.29) is 11.9 Å². The van der Waals surface area contributed by atoms with Crippen molar-refractivity contribution in [2.45, 2.75) is 33.0 Å². The molecule has 118 valence electrons. The van der Waals surface area contributed by atoms with E-state index in [4.69, 9.17) is 0 Å². The van der Waals surface area contributed by atoms with Gasteiger partial charge in [-0.05, 0) is 20.9 Å². The standard InChI is InChI=1S/C14H26N6O/c1-5-19-11-15-16-13(19)10-18(4)14(21)12(2)20-8-6-17(3)7-9-20/h11-12H,5-10H2,1-4H3. The maximum atomic E-state index is 12.6. The maximum Gasteiger partial charge on any atom is 0.239 e. The number of hydrogen-bond acceptors (Lipinski definition) is 5. The summed E-state index contributed by atoms with van der Waals surface area (Å²) >= 11 is 0. The van der Waals surface area contributed by atoms with Crippen LogP contribution >= 0.6 is 0 Å². The van der Waals surface area contributed by atoms with Crippen LogP contribution < -0.4 is 0 Å². The number of carbonyl (C=O) groups is 1. The van der Waals surface area contributed by atoms with Crippen LogP contribution in [0.3, 0.4) is 0 Å². The minimum Gasteiger partial charge on any atom is -0.337 e. The van der Waals surface area contributed by atoms with E-state index in [0.29, 0.717) is 6.54 Å². The van der Waals surface area contributed by atoms with Gasteiger partial charge in [0.2, 0.25) is 5.91 Å². The molecule has 1 aliphatic heterocycles. The van der Waals surface area contributed by atoms with E-state index in [2.05, 4.69) is 27.0 Å². The summed E-state index contributed by atoms with van der Waals surface area (Å²) in [6, 6.07) is -0.0818. The zero-order valence-electron chi connectivity index (χ0n) is 13.5. The van der Waals surface area contributed by atoms with Crippen LogP contribution in [0.4, 0.5) is 0 Å². The van der Waals surface area contributed by atoms with Crippen LogP contribution in [-0.4, -0.2) is 81.7 Å². The quantitative estimate of drug-likeness (QED) is 0.758. The number of likely N-dealkylation sites (N-methyl/N-ethyl adjacent to an activating group) is 2. The van der Waals surface area contributed by atoms with E-state index in [0.717, 1.165) is 38.5 Å². The highest BCUT2D eigenvalue weighted by Gasteiger charge is 2.27. The van der Waals surface area contributed by atoms with Gasteiger partial charge >= 0.3 is 0 Å². The van der Waals surface area contributed by atoms with Crippen molar-refractivity contribution in [2.24, 2.45) is 0 Å². The molecular formula is C14H26N6O. The van der Waals surface area contributed by atoms with E-state index < -0.39 is 0 Å². The minimum absolute atomic E-state index is 0.0818. The number of rotatable bonds is 5. The first-order valence-electron chi connectivity index (χ1n) is 7.57. The Morgan fingerprint density at radius 2 is 2.05 bits per heavy atom. The van der Waals surface area contributed by atoms with Crippen molar-refractivity contribution in [1.29, 1.82) is 0 Å². The molecule has 0 saturated carbocycles. The summed E-state index contributed by atoms with van der Waals surface area (Å²) in [7, 11) is 3.96.